The van der Waals surface area contributed by atoms with E-state index < -0.39 is 5.97 Å². The Hall–Kier alpha value is -3.19. The number of aromatic carboxylic acids is 1. The average molecular weight is 435 g/mol. The first-order valence-electron chi connectivity index (χ1n) is 10.3. The Labute approximate surface area is 187 Å². The summed E-state index contributed by atoms with van der Waals surface area (Å²) >= 11 is 5.65. The smallest absolute Gasteiger partial charge is 0.335 e. The van der Waals surface area contributed by atoms with Gasteiger partial charge in [-0.15, -0.1) is 0 Å². The van der Waals surface area contributed by atoms with Gasteiger partial charge in [-0.25, -0.2) is 4.79 Å². The fourth-order valence-corrected chi connectivity index (χ4v) is 4.90. The summed E-state index contributed by atoms with van der Waals surface area (Å²) in [4.78, 5) is 18.3. The molecule has 0 bridgehead atoms. The van der Waals surface area contributed by atoms with Gasteiger partial charge in [0.1, 0.15) is 0 Å². The summed E-state index contributed by atoms with van der Waals surface area (Å²) in [5, 5.41) is 13.7. The number of hydrogen-bond donors (Lipinski definition) is 2. The van der Waals surface area contributed by atoms with E-state index in [1.807, 2.05) is 31.2 Å². The highest BCUT2D eigenvalue weighted by molar-refractivity contribution is 7.80. The van der Waals surface area contributed by atoms with E-state index in [2.05, 4.69) is 46.6 Å². The van der Waals surface area contributed by atoms with Crippen molar-refractivity contribution in [2.75, 3.05) is 6.54 Å². The van der Waals surface area contributed by atoms with E-state index in [1.54, 1.807) is 18.3 Å². The third-order valence-electron chi connectivity index (χ3n) is 6.02. The fourth-order valence-electron chi connectivity index (χ4n) is 4.53. The van der Waals surface area contributed by atoms with Gasteiger partial charge in [0.2, 0.25) is 0 Å². The van der Waals surface area contributed by atoms with Gasteiger partial charge in [-0.3, -0.25) is 4.98 Å². The van der Waals surface area contributed by atoms with Gasteiger partial charge in [0.05, 0.1) is 23.3 Å². The zero-order valence-corrected chi connectivity index (χ0v) is 18.9. The molecule has 0 saturated carbocycles. The van der Waals surface area contributed by atoms with Crippen LogP contribution in [-0.4, -0.2) is 37.2 Å². The van der Waals surface area contributed by atoms with Crippen LogP contribution in [0.3, 0.4) is 0 Å². The maximum absolute atomic E-state index is 11.6. The van der Waals surface area contributed by atoms with E-state index in [9.17, 15) is 9.90 Å². The van der Waals surface area contributed by atoms with Gasteiger partial charge in [0, 0.05) is 29.8 Å². The van der Waals surface area contributed by atoms with Crippen LogP contribution in [0.15, 0.2) is 48.7 Å². The second kappa shape index (κ2) is 8.15. The van der Waals surface area contributed by atoms with Gasteiger partial charge < -0.3 is 19.9 Å². The Bertz CT molecular complexity index is 1160. The Morgan fingerprint density at radius 2 is 1.97 bits per heavy atom. The number of thiocarbonyl (C=S) groups is 1. The van der Waals surface area contributed by atoms with Crippen molar-refractivity contribution in [1.29, 1.82) is 0 Å². The number of aromatic nitrogens is 2. The number of benzene rings is 1. The monoisotopic (exact) mass is 434 g/mol. The molecule has 0 spiro atoms. The molecule has 1 aromatic carbocycles. The van der Waals surface area contributed by atoms with Crippen LogP contribution in [0.25, 0.3) is 5.69 Å². The van der Waals surface area contributed by atoms with Crippen LogP contribution in [0.2, 0.25) is 0 Å². The lowest BCUT2D eigenvalue weighted by molar-refractivity contribution is 0.0697. The number of likely N-dealkylation sites (N-methyl/N-ethyl adjacent to an activating group) is 1. The maximum atomic E-state index is 11.6. The maximum Gasteiger partial charge on any atom is 0.335 e. The molecule has 3 heterocycles. The Morgan fingerprint density at radius 1 is 1.19 bits per heavy atom. The largest absolute Gasteiger partial charge is 0.478 e. The van der Waals surface area contributed by atoms with Crippen molar-refractivity contribution in [1.82, 2.24) is 19.8 Å². The SMILES string of the molecule is CCN1C(=S)N[C@H](c2ccccn2)[C@H]1c1cc(C)n(-c2cc(C(=O)O)ccc2C)c1C. The quantitative estimate of drug-likeness (QED) is 0.577. The van der Waals surface area contributed by atoms with Gasteiger partial charge in [0.25, 0.3) is 0 Å². The van der Waals surface area contributed by atoms with Gasteiger partial charge in [-0.1, -0.05) is 12.1 Å². The average Bonchev–Trinajstić information content (AvgIpc) is 3.24. The summed E-state index contributed by atoms with van der Waals surface area (Å²) in [6, 6.07) is 13.3. The number of carboxylic acid groups (broad SMARTS) is 1. The highest BCUT2D eigenvalue weighted by Gasteiger charge is 2.40. The molecule has 7 heteroatoms. The molecule has 160 valence electrons. The van der Waals surface area contributed by atoms with Crippen molar-refractivity contribution in [2.24, 2.45) is 0 Å². The summed E-state index contributed by atoms with van der Waals surface area (Å²) in [6.07, 6.45) is 1.80. The Morgan fingerprint density at radius 3 is 2.61 bits per heavy atom. The summed E-state index contributed by atoms with van der Waals surface area (Å²) in [5.74, 6) is -0.929. The molecule has 0 unspecified atom stereocenters. The Kier molecular flexibility index (Phi) is 5.54. The van der Waals surface area contributed by atoms with Crippen molar-refractivity contribution >= 4 is 23.3 Å². The molecule has 0 amide bonds. The van der Waals surface area contributed by atoms with E-state index in [0.29, 0.717) is 0 Å². The van der Waals surface area contributed by atoms with Gasteiger partial charge >= 0.3 is 5.97 Å². The van der Waals surface area contributed by atoms with E-state index >= 15 is 0 Å². The number of nitrogens with zero attached hydrogens (tertiary/aromatic N) is 3. The molecule has 1 fully saturated rings. The molecule has 1 aliphatic rings. The van der Waals surface area contributed by atoms with Crippen molar-refractivity contribution in [3.63, 3.8) is 0 Å². The highest BCUT2D eigenvalue weighted by atomic mass is 32.1. The van der Waals surface area contributed by atoms with Crippen molar-refractivity contribution in [2.45, 2.75) is 39.8 Å². The molecule has 0 radical (unpaired) electrons. The number of aryl methyl sites for hydroxylation is 2. The van der Waals surface area contributed by atoms with Crippen LogP contribution in [0.4, 0.5) is 0 Å². The van der Waals surface area contributed by atoms with E-state index in [-0.39, 0.29) is 17.6 Å². The molecule has 2 atom stereocenters. The molecule has 2 N–H and O–H groups in total. The fraction of sp³-hybridized carbons (Fsp3) is 0.292. The molecule has 3 aromatic rings. The lowest BCUT2D eigenvalue weighted by atomic mass is 9.97. The molecular weight excluding hydrogens is 408 g/mol. The number of rotatable bonds is 5. The van der Waals surface area contributed by atoms with Crippen molar-refractivity contribution in [3.8, 4) is 5.69 Å². The zero-order valence-electron chi connectivity index (χ0n) is 18.1. The Balaban J connectivity index is 1.86. The zero-order chi connectivity index (χ0) is 22.3. The number of pyridine rings is 1. The second-order valence-electron chi connectivity index (χ2n) is 7.88. The predicted octanol–water partition coefficient (Wildman–Crippen LogP) is 4.49. The number of carbonyl (C=O) groups is 1. The van der Waals surface area contributed by atoms with Gasteiger partial charge in [0.15, 0.2) is 5.11 Å². The number of hydrogen-bond acceptors (Lipinski definition) is 3. The summed E-state index contributed by atoms with van der Waals surface area (Å²) < 4.78 is 2.14. The first kappa shape index (κ1) is 21.1. The standard InChI is InChI=1S/C24H26N4O2S/c1-5-27-22(21(26-24(27)31)19-8-6-7-11-25-19)18-12-15(3)28(16(18)4)20-13-17(23(29)30)10-9-14(20)2/h6-13,21-22H,5H2,1-4H3,(H,26,31)(H,29,30)/t21-,22-/m1/s1. The van der Waals surface area contributed by atoms with Crippen LogP contribution >= 0.6 is 12.2 Å². The predicted molar refractivity (Wildman–Crippen MR) is 125 cm³/mol. The molecule has 0 aliphatic carbocycles. The van der Waals surface area contributed by atoms with Gasteiger partial charge in [-0.2, -0.15) is 0 Å². The van der Waals surface area contributed by atoms with Crippen LogP contribution in [0.5, 0.6) is 0 Å². The lowest BCUT2D eigenvalue weighted by Crippen LogP contribution is -2.29. The molecule has 1 aliphatic heterocycles. The first-order chi connectivity index (χ1) is 14.8. The van der Waals surface area contributed by atoms with Crippen LogP contribution in [-0.2, 0) is 0 Å². The number of nitrogens with one attached hydrogen (secondary N) is 1. The molecule has 1 saturated heterocycles. The molecule has 31 heavy (non-hydrogen) atoms. The van der Waals surface area contributed by atoms with Crippen molar-refractivity contribution < 1.29 is 9.90 Å². The van der Waals surface area contributed by atoms with E-state index in [0.717, 1.165) is 45.6 Å². The molecule has 2 aromatic heterocycles. The summed E-state index contributed by atoms with van der Waals surface area (Å²) in [6.45, 7) is 9.01. The first-order valence-corrected chi connectivity index (χ1v) is 10.8. The molecular formula is C24H26N4O2S. The van der Waals surface area contributed by atoms with Crippen LogP contribution in [0.1, 0.15) is 57.6 Å². The van der Waals surface area contributed by atoms with Gasteiger partial charge in [-0.05, 0) is 81.4 Å². The third-order valence-corrected chi connectivity index (χ3v) is 6.38. The minimum absolute atomic E-state index is 0.00434. The van der Waals surface area contributed by atoms with Crippen LogP contribution < -0.4 is 5.32 Å². The minimum atomic E-state index is -0.929. The van der Waals surface area contributed by atoms with E-state index in [4.69, 9.17) is 12.2 Å². The lowest BCUT2D eigenvalue weighted by Gasteiger charge is -2.27. The second-order valence-corrected chi connectivity index (χ2v) is 8.27. The minimum Gasteiger partial charge on any atom is -0.478 e. The summed E-state index contributed by atoms with van der Waals surface area (Å²) in [7, 11) is 0. The topological polar surface area (TPSA) is 70.4 Å². The molecule has 6 nitrogen and oxygen atoms in total. The number of carboxylic acids is 1. The third kappa shape index (κ3) is 3.59. The van der Waals surface area contributed by atoms with Crippen LogP contribution in [0, 0.1) is 20.8 Å². The van der Waals surface area contributed by atoms with E-state index in [1.165, 1.54) is 0 Å². The van der Waals surface area contributed by atoms with Crippen molar-refractivity contribution in [3.05, 3.63) is 82.4 Å². The summed E-state index contributed by atoms with van der Waals surface area (Å²) in [5.41, 5.74) is 6.40. The highest BCUT2D eigenvalue weighted by Crippen LogP contribution is 2.41. The molecule has 4 rings (SSSR count). The normalized spacial score (nSPS) is 18.3.